The molecule has 14 unspecified atom stereocenters. The van der Waals surface area contributed by atoms with Gasteiger partial charge in [0.1, 0.15) is 23.4 Å². The molecule has 5 fully saturated rings. The van der Waals surface area contributed by atoms with Crippen LogP contribution in [0.5, 0.6) is 0 Å². The van der Waals surface area contributed by atoms with Gasteiger partial charge in [0.2, 0.25) is 0 Å². The highest BCUT2D eigenvalue weighted by molar-refractivity contribution is 5.95. The lowest BCUT2D eigenvalue weighted by Crippen LogP contribution is -2.75. The van der Waals surface area contributed by atoms with Crippen LogP contribution in [-0.2, 0) is 61.9 Å². The van der Waals surface area contributed by atoms with Crippen LogP contribution < -0.4 is 0 Å². The van der Waals surface area contributed by atoms with E-state index in [-0.39, 0.29) is 18.4 Å². The molecule has 0 radical (unpaired) electrons. The average molecular weight is 756 g/mol. The number of aromatic nitrogens is 1. The second kappa shape index (κ2) is 13.7. The molecular formula is C39H49NO14. The molecule has 5 aliphatic rings. The van der Waals surface area contributed by atoms with E-state index in [0.717, 1.165) is 6.92 Å². The summed E-state index contributed by atoms with van der Waals surface area (Å²) in [7, 11) is 0. The summed E-state index contributed by atoms with van der Waals surface area (Å²) < 4.78 is 43.8. The van der Waals surface area contributed by atoms with E-state index >= 15 is 4.79 Å². The van der Waals surface area contributed by atoms with Crippen molar-refractivity contribution in [3.8, 4) is 0 Å². The molecule has 2 heterocycles. The monoisotopic (exact) mass is 755 g/mol. The molecule has 2 bridgehead atoms. The molecule has 0 spiro atoms. The van der Waals surface area contributed by atoms with Crippen molar-refractivity contribution in [1.29, 1.82) is 0 Å². The standard InChI is InChI=1S/C39H49NO14/c1-10-18(2)33(46)52-29-25-15-36(8,53-22(6)43)26(25)30-37(9)35(50-21(5)42)39(54-23(7)44)14-19(3)28(51-34(47)24-12-11-13-40-16-24)27(39)32(49-20(4)41)38(30,17-48-37)31(29)45/h11-13,16,18-19,25-30,32,35H,10,14-15,17H2,1-9H3. The smallest absolute Gasteiger partial charge is 0.339 e. The van der Waals surface area contributed by atoms with E-state index in [1.54, 1.807) is 33.8 Å². The Labute approximate surface area is 313 Å². The lowest BCUT2D eigenvalue weighted by molar-refractivity contribution is -0.261. The van der Waals surface area contributed by atoms with Crippen LogP contribution in [0, 0.1) is 40.9 Å². The van der Waals surface area contributed by atoms with Gasteiger partial charge in [0, 0.05) is 57.8 Å². The molecule has 15 nitrogen and oxygen atoms in total. The van der Waals surface area contributed by atoms with Crippen molar-refractivity contribution in [2.24, 2.45) is 40.9 Å². The quantitative estimate of drug-likeness (QED) is 0.263. The number of hydrogen-bond acceptors (Lipinski definition) is 15. The number of esters is 6. The summed E-state index contributed by atoms with van der Waals surface area (Å²) >= 11 is 0. The van der Waals surface area contributed by atoms with Gasteiger partial charge < -0.3 is 33.2 Å². The highest BCUT2D eigenvalue weighted by Gasteiger charge is 2.86. The Kier molecular flexibility index (Phi) is 9.98. The van der Waals surface area contributed by atoms with E-state index in [9.17, 15) is 28.8 Å². The summed E-state index contributed by atoms with van der Waals surface area (Å²) in [5, 5.41) is 0. The molecule has 0 aromatic carbocycles. The second-order valence-corrected chi connectivity index (χ2v) is 16.2. The summed E-state index contributed by atoms with van der Waals surface area (Å²) in [6.07, 6.45) is -2.32. The highest BCUT2D eigenvalue weighted by Crippen LogP contribution is 2.73. The first-order valence-electron chi connectivity index (χ1n) is 18.5. The molecule has 1 saturated heterocycles. The van der Waals surface area contributed by atoms with E-state index in [4.69, 9.17) is 33.2 Å². The van der Waals surface area contributed by atoms with Crippen molar-refractivity contribution >= 4 is 41.6 Å². The van der Waals surface area contributed by atoms with Gasteiger partial charge in [0.25, 0.3) is 0 Å². The van der Waals surface area contributed by atoms with Crippen LogP contribution in [0.3, 0.4) is 0 Å². The van der Waals surface area contributed by atoms with E-state index in [1.807, 2.05) is 6.92 Å². The first kappa shape index (κ1) is 39.3. The normalized spacial score (nSPS) is 40.6. The fourth-order valence-electron chi connectivity index (χ4n) is 10.8. The molecule has 1 aliphatic heterocycles. The fourth-order valence-corrected chi connectivity index (χ4v) is 10.8. The Morgan fingerprint density at radius 2 is 1.57 bits per heavy atom. The van der Waals surface area contributed by atoms with Crippen LogP contribution in [0.15, 0.2) is 24.5 Å². The zero-order valence-corrected chi connectivity index (χ0v) is 32.1. The molecule has 54 heavy (non-hydrogen) atoms. The molecule has 4 saturated carbocycles. The predicted octanol–water partition coefficient (Wildman–Crippen LogP) is 3.33. The molecule has 4 aliphatic carbocycles. The maximum absolute atomic E-state index is 15.6. The molecule has 1 aromatic heterocycles. The summed E-state index contributed by atoms with van der Waals surface area (Å²) in [6, 6.07) is 3.06. The highest BCUT2D eigenvalue weighted by atomic mass is 16.6. The lowest BCUT2D eigenvalue weighted by atomic mass is 9.42. The second-order valence-electron chi connectivity index (χ2n) is 16.2. The lowest BCUT2D eigenvalue weighted by Gasteiger charge is -2.64. The summed E-state index contributed by atoms with van der Waals surface area (Å²) in [6.45, 7) is 12.9. The molecule has 0 amide bonds. The first-order chi connectivity index (χ1) is 25.3. The zero-order valence-electron chi connectivity index (χ0n) is 32.1. The number of carbonyl (C=O) groups is 7. The van der Waals surface area contributed by atoms with Crippen LogP contribution in [0.2, 0.25) is 0 Å². The van der Waals surface area contributed by atoms with E-state index < -0.39 is 130 Å². The molecule has 14 atom stereocenters. The van der Waals surface area contributed by atoms with Gasteiger partial charge in [-0.1, -0.05) is 20.8 Å². The summed E-state index contributed by atoms with van der Waals surface area (Å²) in [5.41, 5.74) is -6.62. The van der Waals surface area contributed by atoms with Gasteiger partial charge >= 0.3 is 35.8 Å². The van der Waals surface area contributed by atoms with E-state index in [1.165, 1.54) is 39.2 Å². The van der Waals surface area contributed by atoms with Gasteiger partial charge in [-0.05, 0) is 51.2 Å². The average Bonchev–Trinajstić information content (AvgIpc) is 3.52. The number of rotatable bonds is 9. The molecule has 0 N–H and O–H groups in total. The number of pyridine rings is 1. The molecular weight excluding hydrogens is 706 g/mol. The van der Waals surface area contributed by atoms with Crippen molar-refractivity contribution in [1.82, 2.24) is 4.98 Å². The van der Waals surface area contributed by atoms with Crippen molar-refractivity contribution in [3.05, 3.63) is 30.1 Å². The summed E-state index contributed by atoms with van der Waals surface area (Å²) in [5.74, 6) is -10.0. The zero-order chi connectivity index (χ0) is 39.7. The van der Waals surface area contributed by atoms with E-state index in [0.29, 0.717) is 6.42 Å². The van der Waals surface area contributed by atoms with Crippen LogP contribution in [0.4, 0.5) is 0 Å². The molecule has 15 heteroatoms. The first-order valence-corrected chi connectivity index (χ1v) is 18.5. The molecule has 294 valence electrons. The number of Topliss-reactive ketones (excluding diaryl/α,β-unsaturated/α-hetero) is 1. The van der Waals surface area contributed by atoms with Crippen molar-refractivity contribution in [2.75, 3.05) is 6.61 Å². The number of fused-ring (bicyclic) bond motifs is 2. The van der Waals surface area contributed by atoms with Crippen molar-refractivity contribution < 1.29 is 66.7 Å². The maximum Gasteiger partial charge on any atom is 0.339 e. The third kappa shape index (κ3) is 5.88. The predicted molar refractivity (Wildman–Crippen MR) is 183 cm³/mol. The Morgan fingerprint density at radius 1 is 0.907 bits per heavy atom. The Morgan fingerprint density at radius 3 is 2.15 bits per heavy atom. The van der Waals surface area contributed by atoms with Crippen LogP contribution >= 0.6 is 0 Å². The largest absolute Gasteiger partial charge is 0.461 e. The van der Waals surface area contributed by atoms with Gasteiger partial charge in [-0.15, -0.1) is 0 Å². The number of hydrogen-bond donors (Lipinski definition) is 0. The van der Waals surface area contributed by atoms with Crippen LogP contribution in [-0.4, -0.2) is 94.4 Å². The molecule has 6 rings (SSSR count). The van der Waals surface area contributed by atoms with Crippen molar-refractivity contribution in [3.63, 3.8) is 0 Å². The number of ketones is 1. The Hall–Kier alpha value is -4.40. The van der Waals surface area contributed by atoms with Crippen molar-refractivity contribution in [2.45, 2.75) is 123 Å². The Balaban J connectivity index is 1.65. The minimum atomic E-state index is -1.91. The van der Waals surface area contributed by atoms with Gasteiger partial charge in [0.05, 0.1) is 29.4 Å². The van der Waals surface area contributed by atoms with Gasteiger partial charge in [-0.25, -0.2) is 4.79 Å². The number of carbonyl (C=O) groups excluding carboxylic acids is 7. The fraction of sp³-hybridized carbons (Fsp3) is 0.692. The molecule has 1 aromatic rings. The SMILES string of the molecule is CCC(C)C(=O)OC1C(=O)C23COC(C)(C(OC(C)=O)C4(OC(C)=O)CC(C)C(OC(=O)c5cccnc5)C4C2OC(C)=O)C3C2C1CC2(C)OC(C)=O. The number of nitrogens with zero attached hydrogens (tertiary/aromatic N) is 1. The minimum Gasteiger partial charge on any atom is -0.461 e. The summed E-state index contributed by atoms with van der Waals surface area (Å²) in [4.78, 5) is 99.3. The third-order valence-corrected chi connectivity index (χ3v) is 12.7. The van der Waals surface area contributed by atoms with Gasteiger partial charge in [-0.3, -0.25) is 33.8 Å². The van der Waals surface area contributed by atoms with Gasteiger partial charge in [-0.2, -0.15) is 0 Å². The van der Waals surface area contributed by atoms with Gasteiger partial charge in [0.15, 0.2) is 23.6 Å². The topological polar surface area (TPSA) is 197 Å². The number of ether oxygens (including phenoxy) is 7. The van der Waals surface area contributed by atoms with Crippen LogP contribution in [0.25, 0.3) is 0 Å². The maximum atomic E-state index is 15.6. The van der Waals surface area contributed by atoms with E-state index in [2.05, 4.69) is 4.98 Å². The van der Waals surface area contributed by atoms with Crippen LogP contribution in [0.1, 0.15) is 91.9 Å². The minimum absolute atomic E-state index is 0.0738. The Bertz CT molecular complexity index is 1750. The third-order valence-electron chi connectivity index (χ3n) is 12.7.